The Labute approximate surface area is 140 Å². The number of benzene rings is 2. The lowest BCUT2D eigenvalue weighted by atomic mass is 10.2. The van der Waals surface area contributed by atoms with Crippen LogP contribution in [-0.2, 0) is 9.59 Å². The molecule has 0 aliphatic carbocycles. The van der Waals surface area contributed by atoms with Crippen molar-refractivity contribution in [3.05, 3.63) is 58.1 Å². The minimum absolute atomic E-state index is 0.218. The molecule has 0 aliphatic rings. The fraction of sp³-hybridized carbons (Fsp3) is 0.0667. The summed E-state index contributed by atoms with van der Waals surface area (Å²) in [5.41, 5.74) is 0.0370. The second-order valence-corrected chi connectivity index (χ2v) is 5.37. The van der Waals surface area contributed by atoms with Crippen molar-refractivity contribution in [3.63, 3.8) is 0 Å². The van der Waals surface area contributed by atoms with Crippen molar-refractivity contribution in [1.82, 2.24) is 0 Å². The summed E-state index contributed by atoms with van der Waals surface area (Å²) in [5, 5.41) is 5.22. The molecule has 0 atom stereocenters. The standard InChI is InChI=1S/C15H10Cl2F2N2O2/c16-8-1-3-10(17)13(5-8)21-15(23)7-14(22)20-12-4-2-9(18)6-11(12)19/h1-6H,7H2,(H,20,22)(H,21,23). The number of carbonyl (C=O) groups excluding carboxylic acids is 2. The van der Waals surface area contributed by atoms with E-state index in [0.29, 0.717) is 11.1 Å². The Morgan fingerprint density at radius 2 is 1.57 bits per heavy atom. The third-order valence-electron chi connectivity index (χ3n) is 2.73. The van der Waals surface area contributed by atoms with Crippen LogP contribution in [0.2, 0.25) is 10.0 Å². The molecule has 0 saturated carbocycles. The van der Waals surface area contributed by atoms with E-state index in [0.717, 1.165) is 12.1 Å². The molecular formula is C15H10Cl2F2N2O2. The lowest BCUT2D eigenvalue weighted by Crippen LogP contribution is -2.22. The van der Waals surface area contributed by atoms with E-state index in [1.165, 1.54) is 12.1 Å². The fourth-order valence-electron chi connectivity index (χ4n) is 1.72. The van der Waals surface area contributed by atoms with Crippen LogP contribution in [0.3, 0.4) is 0 Å². The minimum Gasteiger partial charge on any atom is -0.324 e. The van der Waals surface area contributed by atoms with Gasteiger partial charge >= 0.3 is 0 Å². The van der Waals surface area contributed by atoms with E-state index in [1.807, 2.05) is 0 Å². The predicted molar refractivity (Wildman–Crippen MR) is 84.7 cm³/mol. The molecule has 4 nitrogen and oxygen atoms in total. The average molecular weight is 359 g/mol. The van der Waals surface area contributed by atoms with E-state index < -0.39 is 29.9 Å². The first-order chi connectivity index (χ1) is 10.8. The second-order valence-electron chi connectivity index (χ2n) is 4.52. The largest absolute Gasteiger partial charge is 0.324 e. The van der Waals surface area contributed by atoms with E-state index in [2.05, 4.69) is 10.6 Å². The third kappa shape index (κ3) is 4.91. The molecule has 0 aliphatic heterocycles. The van der Waals surface area contributed by atoms with Crippen LogP contribution in [0.25, 0.3) is 0 Å². The van der Waals surface area contributed by atoms with Crippen LogP contribution in [0.1, 0.15) is 6.42 Å². The highest BCUT2D eigenvalue weighted by Gasteiger charge is 2.13. The molecule has 0 bridgehead atoms. The smallest absolute Gasteiger partial charge is 0.233 e. The number of hydrogen-bond acceptors (Lipinski definition) is 2. The maximum atomic E-state index is 13.4. The molecule has 120 valence electrons. The van der Waals surface area contributed by atoms with Crippen molar-refractivity contribution in [2.24, 2.45) is 0 Å². The molecule has 0 radical (unpaired) electrons. The zero-order chi connectivity index (χ0) is 17.0. The first kappa shape index (κ1) is 17.2. The quantitative estimate of drug-likeness (QED) is 0.803. The molecule has 2 amide bonds. The summed E-state index contributed by atoms with van der Waals surface area (Å²) in [7, 11) is 0. The van der Waals surface area contributed by atoms with Crippen molar-refractivity contribution in [2.75, 3.05) is 10.6 Å². The fourth-order valence-corrected chi connectivity index (χ4v) is 2.06. The Kier molecular flexibility index (Phi) is 5.52. The molecule has 2 N–H and O–H groups in total. The molecule has 2 aromatic carbocycles. The molecule has 8 heteroatoms. The Morgan fingerprint density at radius 3 is 2.22 bits per heavy atom. The van der Waals surface area contributed by atoms with Gasteiger partial charge in [0.1, 0.15) is 18.1 Å². The molecule has 2 rings (SSSR count). The van der Waals surface area contributed by atoms with Crippen molar-refractivity contribution in [3.8, 4) is 0 Å². The third-order valence-corrected chi connectivity index (χ3v) is 3.29. The van der Waals surface area contributed by atoms with Gasteiger partial charge in [-0.3, -0.25) is 9.59 Å². The van der Waals surface area contributed by atoms with Crippen LogP contribution >= 0.6 is 23.2 Å². The van der Waals surface area contributed by atoms with Crippen molar-refractivity contribution < 1.29 is 18.4 Å². The average Bonchev–Trinajstić information content (AvgIpc) is 2.46. The molecule has 23 heavy (non-hydrogen) atoms. The number of anilines is 2. The van der Waals surface area contributed by atoms with Crippen molar-refractivity contribution >= 4 is 46.4 Å². The van der Waals surface area contributed by atoms with Crippen molar-refractivity contribution in [1.29, 1.82) is 0 Å². The van der Waals surface area contributed by atoms with Gasteiger partial charge in [0, 0.05) is 11.1 Å². The summed E-state index contributed by atoms with van der Waals surface area (Å²) >= 11 is 11.7. The van der Waals surface area contributed by atoms with Crippen LogP contribution in [0, 0.1) is 11.6 Å². The van der Waals surface area contributed by atoms with Gasteiger partial charge in [-0.05, 0) is 30.3 Å². The monoisotopic (exact) mass is 358 g/mol. The Morgan fingerprint density at radius 1 is 0.913 bits per heavy atom. The molecule has 2 aromatic rings. The summed E-state index contributed by atoms with van der Waals surface area (Å²) in [6.45, 7) is 0. The maximum Gasteiger partial charge on any atom is 0.233 e. The minimum atomic E-state index is -0.934. The van der Waals surface area contributed by atoms with Crippen molar-refractivity contribution in [2.45, 2.75) is 6.42 Å². The molecule has 0 heterocycles. The lowest BCUT2D eigenvalue weighted by Gasteiger charge is -2.09. The zero-order valence-electron chi connectivity index (χ0n) is 11.5. The number of amides is 2. The van der Waals surface area contributed by atoms with Gasteiger partial charge in [0.2, 0.25) is 11.8 Å². The molecule has 0 spiro atoms. The molecule has 0 saturated heterocycles. The van der Waals surface area contributed by atoms with Gasteiger partial charge in [0.25, 0.3) is 0 Å². The molecular weight excluding hydrogens is 349 g/mol. The highest BCUT2D eigenvalue weighted by Crippen LogP contribution is 2.25. The Balaban J connectivity index is 1.97. The van der Waals surface area contributed by atoms with Crippen LogP contribution < -0.4 is 10.6 Å². The SMILES string of the molecule is O=C(CC(=O)Nc1cc(Cl)ccc1Cl)Nc1ccc(F)cc1F. The first-order valence-electron chi connectivity index (χ1n) is 6.35. The van der Waals surface area contributed by atoms with Crippen LogP contribution in [-0.4, -0.2) is 11.8 Å². The van der Waals surface area contributed by atoms with E-state index in [1.54, 1.807) is 6.07 Å². The van der Waals surface area contributed by atoms with E-state index in [-0.39, 0.29) is 16.4 Å². The van der Waals surface area contributed by atoms with E-state index in [4.69, 9.17) is 23.2 Å². The summed E-state index contributed by atoms with van der Waals surface area (Å²) in [6.07, 6.45) is -0.570. The van der Waals surface area contributed by atoms with Gasteiger partial charge in [-0.15, -0.1) is 0 Å². The number of hydrogen-bond donors (Lipinski definition) is 2. The number of carbonyl (C=O) groups is 2. The molecule has 0 aromatic heterocycles. The highest BCUT2D eigenvalue weighted by molar-refractivity contribution is 6.35. The van der Waals surface area contributed by atoms with Gasteiger partial charge in [-0.25, -0.2) is 8.78 Å². The molecule has 0 unspecified atom stereocenters. The van der Waals surface area contributed by atoms with E-state index >= 15 is 0 Å². The Hall–Kier alpha value is -2.18. The lowest BCUT2D eigenvalue weighted by molar-refractivity contribution is -0.123. The summed E-state index contributed by atoms with van der Waals surface area (Å²) in [6, 6.07) is 7.15. The number of nitrogens with one attached hydrogen (secondary N) is 2. The van der Waals surface area contributed by atoms with Gasteiger partial charge in [0.15, 0.2) is 0 Å². The summed E-state index contributed by atoms with van der Waals surface area (Å²) < 4.78 is 26.2. The van der Waals surface area contributed by atoms with Gasteiger partial charge in [0.05, 0.1) is 16.4 Å². The zero-order valence-corrected chi connectivity index (χ0v) is 13.0. The van der Waals surface area contributed by atoms with Gasteiger partial charge in [-0.2, -0.15) is 0 Å². The summed E-state index contributed by atoms with van der Waals surface area (Å²) in [5.74, 6) is -3.12. The second kappa shape index (κ2) is 7.39. The molecule has 0 fully saturated rings. The first-order valence-corrected chi connectivity index (χ1v) is 7.10. The van der Waals surface area contributed by atoms with Crippen LogP contribution in [0.4, 0.5) is 20.2 Å². The van der Waals surface area contributed by atoms with Crippen LogP contribution in [0.5, 0.6) is 0 Å². The Bertz CT molecular complexity index is 769. The number of rotatable bonds is 4. The number of halogens is 4. The van der Waals surface area contributed by atoms with E-state index in [9.17, 15) is 18.4 Å². The van der Waals surface area contributed by atoms with Gasteiger partial charge < -0.3 is 10.6 Å². The van der Waals surface area contributed by atoms with Gasteiger partial charge in [-0.1, -0.05) is 23.2 Å². The topological polar surface area (TPSA) is 58.2 Å². The normalized spacial score (nSPS) is 10.3. The highest BCUT2D eigenvalue weighted by atomic mass is 35.5. The maximum absolute atomic E-state index is 13.4. The predicted octanol–water partition coefficient (Wildman–Crippen LogP) is 4.24. The van der Waals surface area contributed by atoms with Crippen LogP contribution in [0.15, 0.2) is 36.4 Å². The summed E-state index contributed by atoms with van der Waals surface area (Å²) in [4.78, 5) is 23.5.